The van der Waals surface area contributed by atoms with E-state index in [1.165, 1.54) is 16.1 Å². The molecule has 1 fully saturated rings. The molecule has 0 spiro atoms. The summed E-state index contributed by atoms with van der Waals surface area (Å²) < 4.78 is 27.8. The largest absolute Gasteiger partial charge is 0.348 e. The van der Waals surface area contributed by atoms with Crippen LogP contribution in [0.5, 0.6) is 0 Å². The van der Waals surface area contributed by atoms with Gasteiger partial charge >= 0.3 is 0 Å². The molecule has 1 saturated heterocycles. The summed E-state index contributed by atoms with van der Waals surface area (Å²) in [5, 5.41) is 3.66. The van der Waals surface area contributed by atoms with E-state index in [1.807, 2.05) is 11.8 Å². The number of pyridine rings is 1. The number of aromatic amines is 1. The van der Waals surface area contributed by atoms with Gasteiger partial charge in [-0.25, -0.2) is 13.4 Å². The predicted molar refractivity (Wildman–Crippen MR) is 133 cm³/mol. The van der Waals surface area contributed by atoms with Gasteiger partial charge in [-0.15, -0.1) is 0 Å². The maximum Gasteiger partial charge on any atom is 0.245 e. The van der Waals surface area contributed by atoms with Crippen molar-refractivity contribution in [1.82, 2.24) is 24.5 Å². The smallest absolute Gasteiger partial charge is 0.245 e. The fourth-order valence-corrected chi connectivity index (χ4v) is 5.97. The number of piperazine rings is 1. The van der Waals surface area contributed by atoms with Crippen LogP contribution in [0.3, 0.4) is 0 Å². The molecule has 1 aromatic carbocycles. The summed E-state index contributed by atoms with van der Waals surface area (Å²) in [5.41, 5.74) is 2.93. The number of aromatic nitrogens is 2. The Labute approximate surface area is 201 Å². The van der Waals surface area contributed by atoms with Crippen LogP contribution in [-0.2, 0) is 21.2 Å². The number of amides is 1. The van der Waals surface area contributed by atoms with Crippen LogP contribution in [0.2, 0.25) is 0 Å². The lowest BCUT2D eigenvalue weighted by Crippen LogP contribution is -2.51. The molecule has 1 aliphatic rings. The third kappa shape index (κ3) is 5.48. The van der Waals surface area contributed by atoms with E-state index in [9.17, 15) is 13.2 Å². The van der Waals surface area contributed by atoms with Crippen molar-refractivity contribution in [2.24, 2.45) is 5.92 Å². The normalized spacial score (nSPS) is 16.7. The second-order valence-corrected chi connectivity index (χ2v) is 11.3. The number of nitrogens with zero attached hydrogens (tertiary/aromatic N) is 3. The van der Waals surface area contributed by atoms with Gasteiger partial charge < -0.3 is 10.3 Å². The maximum atomic E-state index is 13.2. The second kappa shape index (κ2) is 10.2. The number of sulfonamides is 1. The van der Waals surface area contributed by atoms with Gasteiger partial charge in [0.05, 0.1) is 12.6 Å². The molecule has 2 aromatic heterocycles. The Hall–Kier alpha value is -2.75. The van der Waals surface area contributed by atoms with Crippen LogP contribution >= 0.6 is 0 Å². The Morgan fingerprint density at radius 3 is 2.47 bits per heavy atom. The number of H-pyrrole nitrogens is 1. The zero-order chi connectivity index (χ0) is 24.3. The van der Waals surface area contributed by atoms with E-state index < -0.39 is 10.0 Å². The number of hydrogen-bond donors (Lipinski definition) is 2. The number of rotatable bonds is 8. The minimum absolute atomic E-state index is 0.0576. The van der Waals surface area contributed by atoms with Gasteiger partial charge in [-0.1, -0.05) is 38.1 Å². The molecule has 1 amide bonds. The van der Waals surface area contributed by atoms with E-state index in [-0.39, 0.29) is 23.4 Å². The molecule has 3 heterocycles. The molecule has 1 aliphatic heterocycles. The number of carbonyl (C=O) groups excluding carboxylic acids is 1. The van der Waals surface area contributed by atoms with Gasteiger partial charge in [0.1, 0.15) is 10.5 Å². The fourth-order valence-electron chi connectivity index (χ4n) is 4.40. The summed E-state index contributed by atoms with van der Waals surface area (Å²) in [6.45, 7) is 8.33. The first-order valence-electron chi connectivity index (χ1n) is 11.8. The highest BCUT2D eigenvalue weighted by molar-refractivity contribution is 7.89. The summed E-state index contributed by atoms with van der Waals surface area (Å²) in [7, 11) is -3.63. The standard InChI is InChI=1S/C25H33N5O3S/c1-18(2)15-20-6-8-21(9-7-20)19(3)28-24(31)17-29-11-13-30(14-12-29)34(32,33)23-16-27-25-22(23)5-4-10-26-25/h4-10,16,18-19H,11-15,17H2,1-3H3,(H,26,27)(H,28,31). The monoisotopic (exact) mass is 483 g/mol. The first-order chi connectivity index (χ1) is 16.2. The van der Waals surface area contributed by atoms with Crippen molar-refractivity contribution in [1.29, 1.82) is 0 Å². The number of carbonyl (C=O) groups is 1. The molecular formula is C25H33N5O3S. The summed E-state index contributed by atoms with van der Waals surface area (Å²) in [5.74, 6) is 0.551. The molecule has 4 rings (SSSR count). The number of fused-ring (bicyclic) bond motifs is 1. The molecule has 0 bridgehead atoms. The van der Waals surface area contributed by atoms with Gasteiger partial charge in [0, 0.05) is 44.0 Å². The Kier molecular flexibility index (Phi) is 7.35. The highest BCUT2D eigenvalue weighted by Gasteiger charge is 2.31. The Balaban J connectivity index is 1.29. The van der Waals surface area contributed by atoms with Crippen molar-refractivity contribution >= 4 is 27.0 Å². The highest BCUT2D eigenvalue weighted by Crippen LogP contribution is 2.25. The molecule has 34 heavy (non-hydrogen) atoms. The van der Waals surface area contributed by atoms with Gasteiger partial charge in [0.15, 0.2) is 0 Å². The fraction of sp³-hybridized carbons (Fsp3) is 0.440. The molecule has 3 aromatic rings. The maximum absolute atomic E-state index is 13.2. The average molecular weight is 484 g/mol. The third-order valence-corrected chi connectivity index (χ3v) is 8.17. The van der Waals surface area contributed by atoms with E-state index in [4.69, 9.17) is 0 Å². The molecule has 1 unspecified atom stereocenters. The molecule has 2 N–H and O–H groups in total. The van der Waals surface area contributed by atoms with E-state index in [0.717, 1.165) is 12.0 Å². The van der Waals surface area contributed by atoms with Crippen molar-refractivity contribution in [3.63, 3.8) is 0 Å². The third-order valence-electron chi connectivity index (χ3n) is 6.23. The minimum Gasteiger partial charge on any atom is -0.348 e. The first kappa shape index (κ1) is 24.4. The van der Waals surface area contributed by atoms with Crippen molar-refractivity contribution < 1.29 is 13.2 Å². The Morgan fingerprint density at radius 2 is 1.79 bits per heavy atom. The molecule has 8 nitrogen and oxygen atoms in total. The quantitative estimate of drug-likeness (QED) is 0.513. The van der Waals surface area contributed by atoms with Gasteiger partial charge in [0.2, 0.25) is 15.9 Å². The molecule has 182 valence electrons. The van der Waals surface area contributed by atoms with Crippen LogP contribution in [0, 0.1) is 5.92 Å². The second-order valence-electron chi connectivity index (χ2n) is 9.36. The summed E-state index contributed by atoms with van der Waals surface area (Å²) in [6.07, 6.45) is 4.17. The Morgan fingerprint density at radius 1 is 1.09 bits per heavy atom. The van der Waals surface area contributed by atoms with Gasteiger partial charge in [0.25, 0.3) is 0 Å². The van der Waals surface area contributed by atoms with Crippen molar-refractivity contribution in [3.05, 3.63) is 59.9 Å². The van der Waals surface area contributed by atoms with Crippen LogP contribution in [0.25, 0.3) is 11.0 Å². The number of benzene rings is 1. The lowest BCUT2D eigenvalue weighted by molar-refractivity contribution is -0.123. The van der Waals surface area contributed by atoms with Crippen LogP contribution in [-0.4, -0.2) is 66.2 Å². The molecule has 1 atom stereocenters. The summed E-state index contributed by atoms with van der Waals surface area (Å²) >= 11 is 0. The van der Waals surface area contributed by atoms with E-state index in [1.54, 1.807) is 18.3 Å². The molecule has 0 radical (unpaired) electrons. The molecule has 9 heteroatoms. The molecule has 0 saturated carbocycles. The summed E-state index contributed by atoms with van der Waals surface area (Å²) in [6, 6.07) is 11.8. The average Bonchev–Trinajstić information content (AvgIpc) is 3.24. The highest BCUT2D eigenvalue weighted by atomic mass is 32.2. The van der Waals surface area contributed by atoms with Gasteiger partial charge in [-0.2, -0.15) is 4.31 Å². The predicted octanol–water partition coefficient (Wildman–Crippen LogP) is 2.95. The van der Waals surface area contributed by atoms with E-state index in [2.05, 4.69) is 53.4 Å². The van der Waals surface area contributed by atoms with E-state index in [0.29, 0.717) is 43.1 Å². The SMILES string of the molecule is CC(C)Cc1ccc(C(C)NC(=O)CN2CCN(S(=O)(=O)c3c[nH]c4ncccc34)CC2)cc1. The number of nitrogens with one attached hydrogen (secondary N) is 2. The zero-order valence-corrected chi connectivity index (χ0v) is 20.8. The number of hydrogen-bond acceptors (Lipinski definition) is 5. The van der Waals surface area contributed by atoms with Crippen LogP contribution < -0.4 is 5.32 Å². The molecular weight excluding hydrogens is 450 g/mol. The Bertz CT molecular complexity index is 1230. The van der Waals surface area contributed by atoms with Gasteiger partial charge in [-0.3, -0.25) is 9.69 Å². The first-order valence-corrected chi connectivity index (χ1v) is 13.2. The van der Waals surface area contributed by atoms with Gasteiger partial charge in [-0.05, 0) is 42.5 Å². The topological polar surface area (TPSA) is 98.4 Å². The lowest BCUT2D eigenvalue weighted by atomic mass is 10.00. The van der Waals surface area contributed by atoms with Crippen LogP contribution in [0.1, 0.15) is 37.9 Å². The lowest BCUT2D eigenvalue weighted by Gasteiger charge is -2.33. The zero-order valence-electron chi connectivity index (χ0n) is 20.0. The van der Waals surface area contributed by atoms with Crippen molar-refractivity contribution in [3.8, 4) is 0 Å². The van der Waals surface area contributed by atoms with Crippen molar-refractivity contribution in [2.75, 3.05) is 32.7 Å². The molecule has 0 aliphatic carbocycles. The van der Waals surface area contributed by atoms with Crippen LogP contribution in [0.15, 0.2) is 53.7 Å². The van der Waals surface area contributed by atoms with E-state index >= 15 is 0 Å². The summed E-state index contributed by atoms with van der Waals surface area (Å²) in [4.78, 5) is 22.0. The minimum atomic E-state index is -3.63. The van der Waals surface area contributed by atoms with Crippen molar-refractivity contribution in [2.45, 2.75) is 38.1 Å². The van der Waals surface area contributed by atoms with Crippen LogP contribution in [0.4, 0.5) is 0 Å².